The number of hydrogen-bond acceptors (Lipinski definition) is 5. The Morgan fingerprint density at radius 1 is 1.06 bits per heavy atom. The van der Waals surface area contributed by atoms with Crippen molar-refractivity contribution in [3.05, 3.63) is 59.7 Å². The standard InChI is InChI=1S/C20H20F3N3O5/c21-20(22,23)31-17-7-5-16(6-8-17)26(19(28)25-9-11-30-12-10-25)13-14-1-3-15(4-2-14)18(27)24-29/h1-8,29H,9-13H2,(H,24,27). The first-order chi connectivity index (χ1) is 14.8. The number of anilines is 1. The van der Waals surface area contributed by atoms with Crippen LogP contribution in [0.2, 0.25) is 0 Å². The fourth-order valence-corrected chi connectivity index (χ4v) is 3.03. The van der Waals surface area contributed by atoms with Crippen LogP contribution in [0.3, 0.4) is 0 Å². The quantitative estimate of drug-likeness (QED) is 0.552. The van der Waals surface area contributed by atoms with Crippen LogP contribution in [0.5, 0.6) is 5.75 Å². The summed E-state index contributed by atoms with van der Waals surface area (Å²) in [6, 6.07) is 10.9. The van der Waals surface area contributed by atoms with Gasteiger partial charge in [-0.2, -0.15) is 0 Å². The van der Waals surface area contributed by atoms with Gasteiger partial charge in [0.05, 0.1) is 19.8 Å². The van der Waals surface area contributed by atoms with Crippen molar-refractivity contribution in [1.29, 1.82) is 0 Å². The summed E-state index contributed by atoms with van der Waals surface area (Å²) >= 11 is 0. The van der Waals surface area contributed by atoms with E-state index in [-0.39, 0.29) is 18.1 Å². The molecular formula is C20H20F3N3O5. The van der Waals surface area contributed by atoms with E-state index in [1.54, 1.807) is 17.0 Å². The average molecular weight is 439 g/mol. The van der Waals surface area contributed by atoms with Gasteiger partial charge in [0.25, 0.3) is 5.91 Å². The fraction of sp³-hybridized carbons (Fsp3) is 0.300. The SMILES string of the molecule is O=C(NO)c1ccc(CN(C(=O)N2CCOCC2)c2ccc(OC(F)(F)F)cc2)cc1. The molecule has 0 saturated carbocycles. The minimum Gasteiger partial charge on any atom is -0.406 e. The molecule has 1 heterocycles. The topological polar surface area (TPSA) is 91.3 Å². The van der Waals surface area contributed by atoms with Gasteiger partial charge in [0.2, 0.25) is 0 Å². The maximum absolute atomic E-state index is 13.1. The number of nitrogens with one attached hydrogen (secondary N) is 1. The Labute approximate surface area is 175 Å². The minimum atomic E-state index is -4.81. The second-order valence-corrected chi connectivity index (χ2v) is 6.65. The molecule has 1 fully saturated rings. The number of hydroxylamine groups is 1. The Bertz CT molecular complexity index is 898. The Hall–Kier alpha value is -3.31. The third-order valence-corrected chi connectivity index (χ3v) is 4.55. The van der Waals surface area contributed by atoms with Crippen molar-refractivity contribution >= 4 is 17.6 Å². The predicted octanol–water partition coefficient (Wildman–Crippen LogP) is 3.16. The molecule has 3 amide bonds. The second kappa shape index (κ2) is 9.67. The number of halogens is 3. The molecule has 1 aliphatic heterocycles. The highest BCUT2D eigenvalue weighted by Crippen LogP contribution is 2.27. The summed E-state index contributed by atoms with van der Waals surface area (Å²) in [5.74, 6) is -1.07. The van der Waals surface area contributed by atoms with E-state index >= 15 is 0 Å². The monoisotopic (exact) mass is 439 g/mol. The van der Waals surface area contributed by atoms with Gasteiger partial charge in [0.1, 0.15) is 5.75 Å². The zero-order chi connectivity index (χ0) is 22.4. The number of rotatable bonds is 5. The van der Waals surface area contributed by atoms with Crippen LogP contribution >= 0.6 is 0 Å². The van der Waals surface area contributed by atoms with Gasteiger partial charge in [-0.1, -0.05) is 12.1 Å². The molecule has 2 N–H and O–H groups in total. The van der Waals surface area contributed by atoms with Crippen molar-refractivity contribution in [2.45, 2.75) is 12.9 Å². The van der Waals surface area contributed by atoms with Crippen molar-refractivity contribution in [1.82, 2.24) is 10.4 Å². The molecule has 166 valence electrons. The number of benzene rings is 2. The molecular weight excluding hydrogens is 419 g/mol. The van der Waals surface area contributed by atoms with Crippen LogP contribution in [0.15, 0.2) is 48.5 Å². The van der Waals surface area contributed by atoms with Crippen molar-refractivity contribution in [2.75, 3.05) is 31.2 Å². The van der Waals surface area contributed by atoms with Crippen molar-refractivity contribution in [2.24, 2.45) is 0 Å². The lowest BCUT2D eigenvalue weighted by Crippen LogP contribution is -2.48. The van der Waals surface area contributed by atoms with Gasteiger partial charge in [0, 0.05) is 24.3 Å². The molecule has 0 unspecified atom stereocenters. The van der Waals surface area contributed by atoms with E-state index in [1.165, 1.54) is 34.6 Å². The summed E-state index contributed by atoms with van der Waals surface area (Å²) in [5.41, 5.74) is 2.81. The Morgan fingerprint density at radius 2 is 1.68 bits per heavy atom. The summed E-state index contributed by atoms with van der Waals surface area (Å²) in [7, 11) is 0. The van der Waals surface area contributed by atoms with Gasteiger partial charge in [-0.15, -0.1) is 13.2 Å². The first kappa shape index (κ1) is 22.4. The number of alkyl halides is 3. The molecule has 2 aromatic carbocycles. The molecule has 31 heavy (non-hydrogen) atoms. The normalized spacial score (nSPS) is 14.1. The number of carbonyl (C=O) groups is 2. The number of urea groups is 1. The summed E-state index contributed by atoms with van der Waals surface area (Å²) < 4.78 is 46.4. The molecule has 11 heteroatoms. The molecule has 1 saturated heterocycles. The summed E-state index contributed by atoms with van der Waals surface area (Å²) in [6.45, 7) is 1.67. The minimum absolute atomic E-state index is 0.108. The zero-order valence-corrected chi connectivity index (χ0v) is 16.3. The molecule has 0 aromatic heterocycles. The highest BCUT2D eigenvalue weighted by molar-refractivity contribution is 5.94. The van der Waals surface area contributed by atoms with Gasteiger partial charge in [0.15, 0.2) is 0 Å². The highest BCUT2D eigenvalue weighted by Gasteiger charge is 2.31. The lowest BCUT2D eigenvalue weighted by atomic mass is 10.1. The van der Waals surface area contributed by atoms with Crippen LogP contribution in [0.25, 0.3) is 0 Å². The molecule has 2 aromatic rings. The van der Waals surface area contributed by atoms with Crippen LogP contribution < -0.4 is 15.1 Å². The summed E-state index contributed by atoms with van der Waals surface area (Å²) in [6.07, 6.45) is -4.81. The number of morpholine rings is 1. The van der Waals surface area contributed by atoms with Gasteiger partial charge in [-0.25, -0.2) is 10.3 Å². The second-order valence-electron chi connectivity index (χ2n) is 6.65. The Morgan fingerprint density at radius 3 is 2.23 bits per heavy atom. The van der Waals surface area contributed by atoms with Gasteiger partial charge >= 0.3 is 12.4 Å². The Balaban J connectivity index is 1.84. The van der Waals surface area contributed by atoms with Crippen LogP contribution in [-0.4, -0.2) is 54.7 Å². The van der Waals surface area contributed by atoms with E-state index in [0.29, 0.717) is 37.6 Å². The molecule has 0 radical (unpaired) electrons. The maximum atomic E-state index is 13.1. The van der Waals surface area contributed by atoms with Gasteiger partial charge < -0.3 is 14.4 Å². The van der Waals surface area contributed by atoms with Crippen LogP contribution in [0, 0.1) is 0 Å². The maximum Gasteiger partial charge on any atom is 0.573 e. The first-order valence-corrected chi connectivity index (χ1v) is 9.30. The largest absolute Gasteiger partial charge is 0.573 e. The smallest absolute Gasteiger partial charge is 0.406 e. The molecule has 3 rings (SSSR count). The number of hydrogen-bond donors (Lipinski definition) is 2. The molecule has 0 spiro atoms. The van der Waals surface area contributed by atoms with Gasteiger partial charge in [-0.05, 0) is 42.0 Å². The first-order valence-electron chi connectivity index (χ1n) is 9.30. The molecule has 8 nitrogen and oxygen atoms in total. The van der Waals surface area contributed by atoms with E-state index in [1.807, 2.05) is 0 Å². The van der Waals surface area contributed by atoms with E-state index in [0.717, 1.165) is 12.1 Å². The molecule has 0 aliphatic carbocycles. The molecule has 0 atom stereocenters. The molecule has 1 aliphatic rings. The third-order valence-electron chi connectivity index (χ3n) is 4.55. The fourth-order valence-electron chi connectivity index (χ4n) is 3.03. The lowest BCUT2D eigenvalue weighted by molar-refractivity contribution is -0.274. The van der Waals surface area contributed by atoms with E-state index in [4.69, 9.17) is 9.94 Å². The van der Waals surface area contributed by atoms with Crippen molar-refractivity contribution in [3.63, 3.8) is 0 Å². The lowest BCUT2D eigenvalue weighted by Gasteiger charge is -2.33. The average Bonchev–Trinajstić information content (AvgIpc) is 2.77. The van der Waals surface area contributed by atoms with Crippen LogP contribution in [0.4, 0.5) is 23.7 Å². The van der Waals surface area contributed by atoms with E-state index in [2.05, 4.69) is 4.74 Å². The van der Waals surface area contributed by atoms with Gasteiger partial charge in [-0.3, -0.25) is 14.9 Å². The van der Waals surface area contributed by atoms with Crippen LogP contribution in [-0.2, 0) is 11.3 Å². The number of nitrogens with zero attached hydrogens (tertiary/aromatic N) is 2. The van der Waals surface area contributed by atoms with E-state index in [9.17, 15) is 22.8 Å². The Kier molecular flexibility index (Phi) is 6.98. The summed E-state index contributed by atoms with van der Waals surface area (Å²) in [5, 5.41) is 8.71. The highest BCUT2D eigenvalue weighted by atomic mass is 19.4. The van der Waals surface area contributed by atoms with Crippen molar-refractivity contribution < 1.29 is 37.4 Å². The number of ether oxygens (including phenoxy) is 2. The van der Waals surface area contributed by atoms with E-state index < -0.39 is 18.0 Å². The zero-order valence-electron chi connectivity index (χ0n) is 16.3. The third kappa shape index (κ3) is 6.09. The summed E-state index contributed by atoms with van der Waals surface area (Å²) in [4.78, 5) is 27.6. The molecule has 0 bridgehead atoms. The van der Waals surface area contributed by atoms with Crippen molar-refractivity contribution in [3.8, 4) is 5.75 Å². The predicted molar refractivity (Wildman–Crippen MR) is 103 cm³/mol. The number of amides is 3. The number of carbonyl (C=O) groups excluding carboxylic acids is 2. The van der Waals surface area contributed by atoms with Crippen LogP contribution in [0.1, 0.15) is 15.9 Å².